The van der Waals surface area contributed by atoms with E-state index in [2.05, 4.69) is 15.7 Å². The van der Waals surface area contributed by atoms with E-state index in [-0.39, 0.29) is 23.0 Å². The SMILES string of the molecule is CNC(=O)Cn1cc(NC(=O)c2cc(Cl)ccc2F)cn1. The quantitative estimate of drug-likeness (QED) is 0.902. The van der Waals surface area contributed by atoms with Gasteiger partial charge >= 0.3 is 0 Å². The molecule has 2 aromatic rings. The lowest BCUT2D eigenvalue weighted by Crippen LogP contribution is -2.23. The van der Waals surface area contributed by atoms with Gasteiger partial charge in [-0.3, -0.25) is 14.3 Å². The normalized spacial score (nSPS) is 10.2. The van der Waals surface area contributed by atoms with Gasteiger partial charge in [-0.2, -0.15) is 5.10 Å². The molecule has 0 saturated carbocycles. The van der Waals surface area contributed by atoms with Gasteiger partial charge in [-0.25, -0.2) is 4.39 Å². The fourth-order valence-electron chi connectivity index (χ4n) is 1.61. The second-order valence-electron chi connectivity index (χ2n) is 4.18. The van der Waals surface area contributed by atoms with E-state index in [0.717, 1.165) is 6.07 Å². The Morgan fingerprint density at radius 3 is 2.90 bits per heavy atom. The molecule has 0 aliphatic rings. The first-order chi connectivity index (χ1) is 9.99. The van der Waals surface area contributed by atoms with Crippen LogP contribution >= 0.6 is 11.6 Å². The van der Waals surface area contributed by atoms with Gasteiger partial charge < -0.3 is 10.6 Å². The van der Waals surface area contributed by atoms with E-state index in [1.165, 1.54) is 36.3 Å². The minimum absolute atomic E-state index is 0.0257. The van der Waals surface area contributed by atoms with E-state index < -0.39 is 11.7 Å². The molecule has 2 rings (SSSR count). The van der Waals surface area contributed by atoms with E-state index in [1.807, 2.05) is 0 Å². The summed E-state index contributed by atoms with van der Waals surface area (Å²) < 4.78 is 14.9. The largest absolute Gasteiger partial charge is 0.358 e. The van der Waals surface area contributed by atoms with Crippen LogP contribution in [0.15, 0.2) is 30.6 Å². The minimum Gasteiger partial charge on any atom is -0.358 e. The average Bonchev–Trinajstić information content (AvgIpc) is 2.88. The molecule has 0 unspecified atom stereocenters. The van der Waals surface area contributed by atoms with Crippen molar-refractivity contribution in [3.63, 3.8) is 0 Å². The number of rotatable bonds is 4. The lowest BCUT2D eigenvalue weighted by molar-refractivity contribution is -0.121. The van der Waals surface area contributed by atoms with Crippen molar-refractivity contribution in [3.05, 3.63) is 47.0 Å². The second kappa shape index (κ2) is 6.36. The molecule has 8 heteroatoms. The van der Waals surface area contributed by atoms with Crippen molar-refractivity contribution in [1.82, 2.24) is 15.1 Å². The molecule has 6 nitrogen and oxygen atoms in total. The average molecular weight is 311 g/mol. The summed E-state index contributed by atoms with van der Waals surface area (Å²) in [6, 6.07) is 3.71. The van der Waals surface area contributed by atoms with Crippen molar-refractivity contribution in [2.45, 2.75) is 6.54 Å². The van der Waals surface area contributed by atoms with Gasteiger partial charge in [0.05, 0.1) is 17.4 Å². The third-order valence-electron chi connectivity index (χ3n) is 2.65. The highest BCUT2D eigenvalue weighted by atomic mass is 35.5. The highest BCUT2D eigenvalue weighted by molar-refractivity contribution is 6.31. The standard InChI is InChI=1S/C13H12ClFN4O2/c1-16-12(20)7-19-6-9(5-17-19)18-13(21)10-4-8(14)2-3-11(10)15/h2-6H,7H2,1H3,(H,16,20)(H,18,21). The van der Waals surface area contributed by atoms with Gasteiger partial charge in [0.2, 0.25) is 5.91 Å². The van der Waals surface area contributed by atoms with Crippen LogP contribution in [0.2, 0.25) is 5.02 Å². The third kappa shape index (κ3) is 3.79. The van der Waals surface area contributed by atoms with Crippen molar-refractivity contribution in [3.8, 4) is 0 Å². The summed E-state index contributed by atoms with van der Waals surface area (Å²) in [5.41, 5.74) is 0.185. The van der Waals surface area contributed by atoms with Crippen LogP contribution in [0.1, 0.15) is 10.4 Å². The van der Waals surface area contributed by atoms with Crippen LogP contribution in [0.25, 0.3) is 0 Å². The highest BCUT2D eigenvalue weighted by Gasteiger charge is 2.13. The summed E-state index contributed by atoms with van der Waals surface area (Å²) in [6.07, 6.45) is 2.83. The van der Waals surface area contributed by atoms with Gasteiger partial charge in [0.15, 0.2) is 0 Å². The van der Waals surface area contributed by atoms with Gasteiger partial charge in [0, 0.05) is 18.3 Å². The number of hydrogen-bond acceptors (Lipinski definition) is 3. The smallest absolute Gasteiger partial charge is 0.258 e. The predicted molar refractivity (Wildman–Crippen MR) is 75.7 cm³/mol. The molecule has 2 amide bonds. The Morgan fingerprint density at radius 1 is 1.43 bits per heavy atom. The minimum atomic E-state index is -0.672. The Bertz CT molecular complexity index is 687. The number of halogens is 2. The molecule has 1 aromatic carbocycles. The number of carbonyl (C=O) groups is 2. The number of nitrogens with zero attached hydrogens (tertiary/aromatic N) is 2. The molecule has 21 heavy (non-hydrogen) atoms. The first-order valence-electron chi connectivity index (χ1n) is 5.99. The third-order valence-corrected chi connectivity index (χ3v) is 2.88. The summed E-state index contributed by atoms with van der Waals surface area (Å²) in [4.78, 5) is 23.1. The predicted octanol–water partition coefficient (Wildman–Crippen LogP) is 1.67. The zero-order valence-electron chi connectivity index (χ0n) is 11.1. The maximum absolute atomic E-state index is 13.6. The van der Waals surface area contributed by atoms with Crippen molar-refractivity contribution in [2.75, 3.05) is 12.4 Å². The first kappa shape index (κ1) is 15.0. The number of anilines is 1. The van der Waals surface area contributed by atoms with Crippen LogP contribution in [0, 0.1) is 5.82 Å². The van der Waals surface area contributed by atoms with E-state index in [1.54, 1.807) is 0 Å². The molecule has 0 bridgehead atoms. The number of aromatic nitrogens is 2. The molecule has 110 valence electrons. The van der Waals surface area contributed by atoms with Gasteiger partial charge in [-0.05, 0) is 18.2 Å². The molecular weight excluding hydrogens is 299 g/mol. The number of nitrogens with one attached hydrogen (secondary N) is 2. The molecule has 0 radical (unpaired) electrons. The summed E-state index contributed by atoms with van der Waals surface area (Å²) in [7, 11) is 1.51. The molecular formula is C13H12ClFN4O2. The number of likely N-dealkylation sites (N-methyl/N-ethyl adjacent to an activating group) is 1. The van der Waals surface area contributed by atoms with Gasteiger partial charge in [-0.1, -0.05) is 11.6 Å². The first-order valence-corrected chi connectivity index (χ1v) is 6.37. The molecule has 0 spiro atoms. The molecule has 0 aliphatic carbocycles. The Kier molecular flexibility index (Phi) is 4.54. The lowest BCUT2D eigenvalue weighted by atomic mass is 10.2. The van der Waals surface area contributed by atoms with Crippen molar-refractivity contribution in [1.29, 1.82) is 0 Å². The number of benzene rings is 1. The molecule has 0 atom stereocenters. The molecule has 1 aromatic heterocycles. The van der Waals surface area contributed by atoms with Crippen LogP contribution in [0.4, 0.5) is 10.1 Å². The fourth-order valence-corrected chi connectivity index (χ4v) is 1.78. The molecule has 0 fully saturated rings. The zero-order valence-corrected chi connectivity index (χ0v) is 11.8. The van der Waals surface area contributed by atoms with E-state index >= 15 is 0 Å². The summed E-state index contributed by atoms with van der Waals surface area (Å²) in [5.74, 6) is -1.54. The highest BCUT2D eigenvalue weighted by Crippen LogP contribution is 2.16. The van der Waals surface area contributed by atoms with E-state index in [4.69, 9.17) is 11.6 Å². The summed E-state index contributed by atoms with van der Waals surface area (Å²) in [6.45, 7) is 0.0257. The molecule has 1 heterocycles. The van der Waals surface area contributed by atoms with E-state index in [9.17, 15) is 14.0 Å². The molecule has 0 saturated heterocycles. The van der Waals surface area contributed by atoms with Crippen molar-refractivity contribution >= 4 is 29.1 Å². The molecule has 0 aliphatic heterocycles. The summed E-state index contributed by atoms with van der Waals surface area (Å²) >= 11 is 5.73. The molecule has 2 N–H and O–H groups in total. The zero-order chi connectivity index (χ0) is 15.4. The maximum atomic E-state index is 13.6. The Labute approximate surface area is 124 Å². The second-order valence-corrected chi connectivity index (χ2v) is 4.61. The Morgan fingerprint density at radius 2 is 2.19 bits per heavy atom. The number of carbonyl (C=O) groups excluding carboxylic acids is 2. The van der Waals surface area contributed by atoms with Crippen LogP contribution in [0.5, 0.6) is 0 Å². The Balaban J connectivity index is 2.09. The van der Waals surface area contributed by atoms with Crippen molar-refractivity contribution < 1.29 is 14.0 Å². The lowest BCUT2D eigenvalue weighted by Gasteiger charge is -2.04. The summed E-state index contributed by atoms with van der Waals surface area (Å²) in [5, 5.41) is 9.11. The van der Waals surface area contributed by atoms with Crippen LogP contribution in [0.3, 0.4) is 0 Å². The number of hydrogen-bond donors (Lipinski definition) is 2. The van der Waals surface area contributed by atoms with Gasteiger partial charge in [0.1, 0.15) is 12.4 Å². The topological polar surface area (TPSA) is 76.0 Å². The Hall–Kier alpha value is -2.41. The van der Waals surface area contributed by atoms with Gasteiger partial charge in [0.25, 0.3) is 5.91 Å². The fraction of sp³-hybridized carbons (Fsp3) is 0.154. The van der Waals surface area contributed by atoms with Crippen LogP contribution in [-0.4, -0.2) is 28.6 Å². The monoisotopic (exact) mass is 310 g/mol. The van der Waals surface area contributed by atoms with Gasteiger partial charge in [-0.15, -0.1) is 0 Å². The van der Waals surface area contributed by atoms with Crippen LogP contribution < -0.4 is 10.6 Å². The number of amides is 2. The van der Waals surface area contributed by atoms with Crippen LogP contribution in [-0.2, 0) is 11.3 Å². The maximum Gasteiger partial charge on any atom is 0.258 e. The van der Waals surface area contributed by atoms with E-state index in [0.29, 0.717) is 5.69 Å². The van der Waals surface area contributed by atoms with Crippen molar-refractivity contribution in [2.24, 2.45) is 0 Å².